The zero-order chi connectivity index (χ0) is 13.9. The summed E-state index contributed by atoms with van der Waals surface area (Å²) in [6.07, 6.45) is 0.281. The average molecular weight is 319 g/mol. The fourth-order valence-electron chi connectivity index (χ4n) is 1.42. The lowest BCUT2D eigenvalue weighted by atomic mass is 10.1. The first-order valence-electron chi connectivity index (χ1n) is 5.33. The van der Waals surface area contributed by atoms with Crippen LogP contribution in [-0.2, 0) is 10.0 Å². The summed E-state index contributed by atoms with van der Waals surface area (Å²) in [4.78, 5) is 3.67. The molecule has 2 N–H and O–H groups in total. The van der Waals surface area contributed by atoms with Crippen LogP contribution in [0.4, 0.5) is 0 Å². The van der Waals surface area contributed by atoms with Gasteiger partial charge in [-0.1, -0.05) is 53.3 Å². The molecule has 1 atom stereocenters. The van der Waals surface area contributed by atoms with E-state index < -0.39 is 16.1 Å². The standard InChI is InChI=1S/C11H11ClN2O3S2/c12-11-13-7-10(18-11)19(16,17)14-6-9(15)8-4-2-1-3-5-8/h1-5,7,9,14-15H,6H2. The van der Waals surface area contributed by atoms with Crippen LogP contribution in [-0.4, -0.2) is 25.1 Å². The zero-order valence-corrected chi connectivity index (χ0v) is 12.0. The third kappa shape index (κ3) is 3.74. The lowest BCUT2D eigenvalue weighted by molar-refractivity contribution is 0.182. The predicted molar refractivity (Wildman–Crippen MR) is 73.7 cm³/mol. The average Bonchev–Trinajstić information content (AvgIpc) is 2.85. The Morgan fingerprint density at radius 2 is 2.05 bits per heavy atom. The van der Waals surface area contributed by atoms with Gasteiger partial charge in [-0.3, -0.25) is 0 Å². The largest absolute Gasteiger partial charge is 0.387 e. The van der Waals surface area contributed by atoms with Crippen molar-refractivity contribution in [3.05, 3.63) is 46.6 Å². The van der Waals surface area contributed by atoms with E-state index >= 15 is 0 Å². The third-order valence-electron chi connectivity index (χ3n) is 2.37. The van der Waals surface area contributed by atoms with Crippen molar-refractivity contribution >= 4 is 33.0 Å². The molecule has 0 saturated carbocycles. The normalized spacial score (nSPS) is 13.4. The SMILES string of the molecule is O=S(=O)(NCC(O)c1ccccc1)c1cnc(Cl)s1. The summed E-state index contributed by atoms with van der Waals surface area (Å²) in [5.41, 5.74) is 0.646. The molecule has 0 fully saturated rings. The van der Waals surface area contributed by atoms with E-state index in [1.165, 1.54) is 6.20 Å². The van der Waals surface area contributed by atoms with Crippen LogP contribution in [0.5, 0.6) is 0 Å². The number of aliphatic hydroxyl groups excluding tert-OH is 1. The molecule has 0 radical (unpaired) electrons. The van der Waals surface area contributed by atoms with Gasteiger partial charge >= 0.3 is 0 Å². The summed E-state index contributed by atoms with van der Waals surface area (Å²) in [6.45, 7) is -0.109. The van der Waals surface area contributed by atoms with E-state index in [0.717, 1.165) is 11.3 Å². The molecule has 8 heteroatoms. The number of hydrogen-bond donors (Lipinski definition) is 2. The Hall–Kier alpha value is -0.990. The number of sulfonamides is 1. The number of halogens is 1. The predicted octanol–water partition coefficient (Wildman–Crippen LogP) is 1.81. The highest BCUT2D eigenvalue weighted by Gasteiger charge is 2.19. The Bertz CT molecular complexity index is 643. The van der Waals surface area contributed by atoms with Crippen LogP contribution in [0.3, 0.4) is 0 Å². The molecule has 1 unspecified atom stereocenters. The van der Waals surface area contributed by atoms with Gasteiger partial charge in [0.1, 0.15) is 0 Å². The Kier molecular flexibility index (Phi) is 4.54. The second-order valence-corrected chi connectivity index (χ2v) is 7.32. The van der Waals surface area contributed by atoms with Crippen molar-refractivity contribution in [1.29, 1.82) is 0 Å². The van der Waals surface area contributed by atoms with E-state index in [4.69, 9.17) is 11.6 Å². The summed E-state index contributed by atoms with van der Waals surface area (Å²) in [5, 5.41) is 9.87. The molecule has 1 heterocycles. The number of nitrogens with one attached hydrogen (secondary N) is 1. The van der Waals surface area contributed by atoms with E-state index in [1.54, 1.807) is 24.3 Å². The van der Waals surface area contributed by atoms with Crippen molar-refractivity contribution in [3.8, 4) is 0 Å². The van der Waals surface area contributed by atoms with E-state index in [1.807, 2.05) is 6.07 Å². The smallest absolute Gasteiger partial charge is 0.251 e. The second kappa shape index (κ2) is 5.98. The van der Waals surface area contributed by atoms with Crippen molar-refractivity contribution in [1.82, 2.24) is 9.71 Å². The molecule has 0 bridgehead atoms. The number of aliphatic hydroxyl groups is 1. The molecule has 0 aliphatic carbocycles. The molecule has 2 aromatic rings. The Morgan fingerprint density at radius 3 is 2.63 bits per heavy atom. The molecular formula is C11H11ClN2O3S2. The zero-order valence-electron chi connectivity index (χ0n) is 9.65. The van der Waals surface area contributed by atoms with Crippen molar-refractivity contribution in [2.45, 2.75) is 10.3 Å². The van der Waals surface area contributed by atoms with Gasteiger partial charge in [0.2, 0.25) is 0 Å². The highest BCUT2D eigenvalue weighted by atomic mass is 35.5. The maximum atomic E-state index is 11.9. The molecule has 0 spiro atoms. The molecule has 19 heavy (non-hydrogen) atoms. The van der Waals surface area contributed by atoms with Crippen LogP contribution >= 0.6 is 22.9 Å². The minimum absolute atomic E-state index is 0.0257. The number of aromatic nitrogens is 1. The van der Waals surface area contributed by atoms with Crippen LogP contribution < -0.4 is 4.72 Å². The number of rotatable bonds is 5. The minimum atomic E-state index is -3.68. The highest BCUT2D eigenvalue weighted by Crippen LogP contribution is 2.22. The molecule has 5 nitrogen and oxygen atoms in total. The first-order chi connectivity index (χ1) is 8.99. The number of thiazole rings is 1. The van der Waals surface area contributed by atoms with Gasteiger partial charge in [0.05, 0.1) is 12.3 Å². The first kappa shape index (κ1) is 14.4. The fourth-order valence-corrected chi connectivity index (χ4v) is 3.79. The topological polar surface area (TPSA) is 79.3 Å². The van der Waals surface area contributed by atoms with Gasteiger partial charge in [-0.15, -0.1) is 0 Å². The van der Waals surface area contributed by atoms with E-state index in [0.29, 0.717) is 5.56 Å². The fraction of sp³-hybridized carbons (Fsp3) is 0.182. The van der Waals surface area contributed by atoms with Gasteiger partial charge in [0.25, 0.3) is 10.0 Å². The van der Waals surface area contributed by atoms with Crippen LogP contribution in [0, 0.1) is 0 Å². The first-order valence-corrected chi connectivity index (χ1v) is 8.01. The lowest BCUT2D eigenvalue weighted by Gasteiger charge is -2.11. The Balaban J connectivity index is 2.03. The van der Waals surface area contributed by atoms with Gasteiger partial charge in [0, 0.05) is 6.54 Å². The number of nitrogens with zero attached hydrogens (tertiary/aromatic N) is 1. The molecular weight excluding hydrogens is 308 g/mol. The van der Waals surface area contributed by atoms with Crippen molar-refractivity contribution in [3.63, 3.8) is 0 Å². The molecule has 0 amide bonds. The van der Waals surface area contributed by atoms with Crippen LogP contribution in [0.15, 0.2) is 40.7 Å². The van der Waals surface area contributed by atoms with E-state index in [2.05, 4.69) is 9.71 Å². The summed E-state index contributed by atoms with van der Waals surface area (Å²) in [5.74, 6) is 0. The maximum Gasteiger partial charge on any atom is 0.251 e. The van der Waals surface area contributed by atoms with Crippen LogP contribution in [0.1, 0.15) is 11.7 Å². The molecule has 0 aliphatic heterocycles. The quantitative estimate of drug-likeness (QED) is 0.881. The van der Waals surface area contributed by atoms with Gasteiger partial charge in [-0.2, -0.15) is 0 Å². The van der Waals surface area contributed by atoms with E-state index in [-0.39, 0.29) is 15.2 Å². The summed E-state index contributed by atoms with van der Waals surface area (Å²) < 4.78 is 26.2. The summed E-state index contributed by atoms with van der Waals surface area (Å²) >= 11 is 6.46. The second-order valence-electron chi connectivity index (χ2n) is 3.71. The Labute approximate surface area is 119 Å². The number of hydrogen-bond acceptors (Lipinski definition) is 5. The van der Waals surface area contributed by atoms with Crippen LogP contribution in [0.25, 0.3) is 0 Å². The van der Waals surface area contributed by atoms with Gasteiger partial charge < -0.3 is 5.11 Å². The summed E-state index contributed by atoms with van der Waals surface area (Å²) in [7, 11) is -3.68. The van der Waals surface area contributed by atoms with E-state index in [9.17, 15) is 13.5 Å². The van der Waals surface area contributed by atoms with Crippen molar-refractivity contribution < 1.29 is 13.5 Å². The highest BCUT2D eigenvalue weighted by molar-refractivity contribution is 7.91. The molecule has 0 aliphatic rings. The lowest BCUT2D eigenvalue weighted by Crippen LogP contribution is -2.28. The maximum absolute atomic E-state index is 11.9. The van der Waals surface area contributed by atoms with Crippen molar-refractivity contribution in [2.24, 2.45) is 0 Å². The third-order valence-corrected chi connectivity index (χ3v) is 5.37. The van der Waals surface area contributed by atoms with Gasteiger partial charge in [-0.25, -0.2) is 18.1 Å². The monoisotopic (exact) mass is 318 g/mol. The molecule has 102 valence electrons. The van der Waals surface area contributed by atoms with Crippen LogP contribution in [0.2, 0.25) is 4.47 Å². The molecule has 1 aromatic carbocycles. The van der Waals surface area contributed by atoms with Crippen molar-refractivity contribution in [2.75, 3.05) is 6.54 Å². The van der Waals surface area contributed by atoms with Gasteiger partial charge in [-0.05, 0) is 5.56 Å². The Morgan fingerprint density at radius 1 is 1.37 bits per heavy atom. The summed E-state index contributed by atoms with van der Waals surface area (Å²) in [6, 6.07) is 8.82. The number of benzene rings is 1. The molecule has 2 rings (SSSR count). The molecule has 1 aromatic heterocycles. The molecule has 0 saturated heterocycles. The van der Waals surface area contributed by atoms with Gasteiger partial charge in [0.15, 0.2) is 8.68 Å². The minimum Gasteiger partial charge on any atom is -0.387 e.